The summed E-state index contributed by atoms with van der Waals surface area (Å²) < 4.78 is 0. The van der Waals surface area contributed by atoms with E-state index in [1.807, 2.05) is 6.92 Å². The molecule has 3 N–H and O–H groups in total. The molecule has 18 heavy (non-hydrogen) atoms. The van der Waals surface area contributed by atoms with Crippen LogP contribution in [0.5, 0.6) is 0 Å². The van der Waals surface area contributed by atoms with Crippen LogP contribution in [0.2, 0.25) is 0 Å². The van der Waals surface area contributed by atoms with Crippen LogP contribution in [-0.4, -0.2) is 31.1 Å². The van der Waals surface area contributed by atoms with Gasteiger partial charge in [0, 0.05) is 12.6 Å². The van der Waals surface area contributed by atoms with Crippen LogP contribution >= 0.6 is 0 Å². The molecule has 102 valence electrons. The van der Waals surface area contributed by atoms with Crippen LogP contribution in [0.4, 0.5) is 4.79 Å². The Bertz CT molecular complexity index is 311. The van der Waals surface area contributed by atoms with Gasteiger partial charge in [-0.05, 0) is 44.4 Å². The second-order valence-corrected chi connectivity index (χ2v) is 5.55. The molecule has 0 aromatic heterocycles. The second-order valence-electron chi connectivity index (χ2n) is 5.55. The van der Waals surface area contributed by atoms with Gasteiger partial charge in [-0.1, -0.05) is 6.42 Å². The summed E-state index contributed by atoms with van der Waals surface area (Å²) in [5.41, 5.74) is 0. The molecule has 0 bridgehead atoms. The highest BCUT2D eigenvalue weighted by molar-refractivity contribution is 5.83. The number of carbonyl (C=O) groups is 2. The normalized spacial score (nSPS) is 20.7. The number of hydrogen-bond acceptors (Lipinski definition) is 2. The van der Waals surface area contributed by atoms with Crippen molar-refractivity contribution in [3.63, 3.8) is 0 Å². The number of carbonyl (C=O) groups excluding carboxylic acids is 2. The van der Waals surface area contributed by atoms with Gasteiger partial charge in [0.1, 0.15) is 0 Å². The van der Waals surface area contributed by atoms with E-state index in [1.54, 1.807) is 0 Å². The molecular formula is C13H23N3O2. The SMILES string of the molecule is C[C@H](NC(=O)NCC(=O)NCC1CC1)C1CCC1. The van der Waals surface area contributed by atoms with Crippen molar-refractivity contribution in [3.05, 3.63) is 0 Å². The fraction of sp³-hybridized carbons (Fsp3) is 0.846. The molecule has 0 spiro atoms. The Morgan fingerprint density at radius 2 is 1.89 bits per heavy atom. The Morgan fingerprint density at radius 3 is 2.44 bits per heavy atom. The lowest BCUT2D eigenvalue weighted by Crippen LogP contribution is -2.48. The van der Waals surface area contributed by atoms with E-state index < -0.39 is 0 Å². The molecule has 0 heterocycles. The maximum absolute atomic E-state index is 11.6. The van der Waals surface area contributed by atoms with Gasteiger partial charge in [-0.25, -0.2) is 4.79 Å². The molecule has 0 aromatic rings. The van der Waals surface area contributed by atoms with Gasteiger partial charge in [-0.3, -0.25) is 4.79 Å². The van der Waals surface area contributed by atoms with E-state index in [0.717, 1.165) is 6.54 Å². The van der Waals surface area contributed by atoms with Crippen molar-refractivity contribution in [1.82, 2.24) is 16.0 Å². The third kappa shape index (κ3) is 4.20. The summed E-state index contributed by atoms with van der Waals surface area (Å²) in [6, 6.07) is -0.0377. The van der Waals surface area contributed by atoms with Crippen LogP contribution in [0.3, 0.4) is 0 Å². The Labute approximate surface area is 108 Å². The van der Waals surface area contributed by atoms with E-state index in [4.69, 9.17) is 0 Å². The molecule has 2 aliphatic rings. The van der Waals surface area contributed by atoms with Crippen LogP contribution in [0.15, 0.2) is 0 Å². The predicted molar refractivity (Wildman–Crippen MR) is 69.1 cm³/mol. The molecule has 5 nitrogen and oxygen atoms in total. The van der Waals surface area contributed by atoms with Gasteiger partial charge in [0.25, 0.3) is 0 Å². The Kier molecular flexibility index (Phi) is 4.44. The largest absolute Gasteiger partial charge is 0.354 e. The minimum Gasteiger partial charge on any atom is -0.354 e. The number of amides is 3. The third-order valence-electron chi connectivity index (χ3n) is 3.91. The smallest absolute Gasteiger partial charge is 0.315 e. The van der Waals surface area contributed by atoms with Gasteiger partial charge in [0.2, 0.25) is 5.91 Å². The molecule has 2 saturated carbocycles. The average Bonchev–Trinajstić information content (AvgIpc) is 3.04. The van der Waals surface area contributed by atoms with E-state index in [0.29, 0.717) is 11.8 Å². The zero-order chi connectivity index (χ0) is 13.0. The zero-order valence-electron chi connectivity index (χ0n) is 11.0. The van der Waals surface area contributed by atoms with Crippen molar-refractivity contribution in [1.29, 1.82) is 0 Å². The molecule has 2 aliphatic carbocycles. The highest BCUT2D eigenvalue weighted by atomic mass is 16.2. The Balaban J connectivity index is 1.53. The van der Waals surface area contributed by atoms with Crippen molar-refractivity contribution in [2.45, 2.75) is 45.1 Å². The molecule has 0 aliphatic heterocycles. The topological polar surface area (TPSA) is 70.2 Å². The number of rotatable bonds is 6. The molecule has 0 saturated heterocycles. The third-order valence-corrected chi connectivity index (χ3v) is 3.91. The van der Waals surface area contributed by atoms with E-state index in [1.165, 1.54) is 32.1 Å². The lowest BCUT2D eigenvalue weighted by Gasteiger charge is -2.31. The first-order valence-electron chi connectivity index (χ1n) is 6.96. The highest BCUT2D eigenvalue weighted by Crippen LogP contribution is 2.29. The zero-order valence-corrected chi connectivity index (χ0v) is 11.0. The number of urea groups is 1. The van der Waals surface area contributed by atoms with Crippen molar-refractivity contribution in [2.24, 2.45) is 11.8 Å². The fourth-order valence-electron chi connectivity index (χ4n) is 2.12. The standard InChI is InChI=1S/C13H23N3O2/c1-9(11-3-2-4-11)16-13(18)15-8-12(17)14-7-10-5-6-10/h9-11H,2-8H2,1H3,(H,14,17)(H2,15,16,18)/t9-/m0/s1. The Morgan fingerprint density at radius 1 is 1.17 bits per heavy atom. The molecule has 2 rings (SSSR count). The summed E-state index contributed by atoms with van der Waals surface area (Å²) in [5.74, 6) is 1.18. The van der Waals surface area contributed by atoms with E-state index in [2.05, 4.69) is 16.0 Å². The lowest BCUT2D eigenvalue weighted by molar-refractivity contribution is -0.120. The van der Waals surface area contributed by atoms with Crippen LogP contribution in [0.25, 0.3) is 0 Å². The molecule has 1 atom stereocenters. The summed E-state index contributed by atoms with van der Waals surface area (Å²) in [6.07, 6.45) is 6.09. The molecule has 3 amide bonds. The van der Waals surface area contributed by atoms with Crippen LogP contribution in [0, 0.1) is 11.8 Å². The minimum absolute atomic E-state index is 0.0654. The van der Waals surface area contributed by atoms with Gasteiger partial charge in [0.05, 0.1) is 6.54 Å². The van der Waals surface area contributed by atoms with Gasteiger partial charge < -0.3 is 16.0 Å². The number of hydrogen-bond donors (Lipinski definition) is 3. The monoisotopic (exact) mass is 253 g/mol. The Hall–Kier alpha value is -1.26. The maximum atomic E-state index is 11.6. The van der Waals surface area contributed by atoms with E-state index >= 15 is 0 Å². The van der Waals surface area contributed by atoms with Gasteiger partial charge in [-0.15, -0.1) is 0 Å². The first-order valence-corrected chi connectivity index (χ1v) is 6.96. The average molecular weight is 253 g/mol. The molecule has 0 aromatic carbocycles. The van der Waals surface area contributed by atoms with Crippen molar-refractivity contribution < 1.29 is 9.59 Å². The van der Waals surface area contributed by atoms with Crippen LogP contribution < -0.4 is 16.0 Å². The quantitative estimate of drug-likeness (QED) is 0.661. The first-order chi connectivity index (χ1) is 8.65. The summed E-state index contributed by atoms with van der Waals surface area (Å²) in [5, 5.41) is 8.30. The number of nitrogens with one attached hydrogen (secondary N) is 3. The molecular weight excluding hydrogens is 230 g/mol. The molecule has 0 radical (unpaired) electrons. The summed E-state index contributed by atoms with van der Waals surface area (Å²) in [6.45, 7) is 2.84. The molecule has 0 unspecified atom stereocenters. The molecule has 2 fully saturated rings. The first kappa shape index (κ1) is 13.2. The lowest BCUT2D eigenvalue weighted by atomic mass is 9.80. The van der Waals surface area contributed by atoms with E-state index in [9.17, 15) is 9.59 Å². The van der Waals surface area contributed by atoms with Gasteiger partial charge >= 0.3 is 6.03 Å². The maximum Gasteiger partial charge on any atom is 0.315 e. The predicted octanol–water partition coefficient (Wildman–Crippen LogP) is 1.00. The van der Waals surface area contributed by atoms with Crippen molar-refractivity contribution in [2.75, 3.05) is 13.1 Å². The summed E-state index contributed by atoms with van der Waals surface area (Å²) in [7, 11) is 0. The molecule has 5 heteroatoms. The van der Waals surface area contributed by atoms with Gasteiger partial charge in [0.15, 0.2) is 0 Å². The van der Waals surface area contributed by atoms with Gasteiger partial charge in [-0.2, -0.15) is 0 Å². The van der Waals surface area contributed by atoms with Crippen LogP contribution in [0.1, 0.15) is 39.0 Å². The summed E-state index contributed by atoms with van der Waals surface area (Å²) >= 11 is 0. The second kappa shape index (κ2) is 6.07. The van der Waals surface area contributed by atoms with Crippen molar-refractivity contribution in [3.8, 4) is 0 Å². The van der Waals surface area contributed by atoms with Crippen LogP contribution in [-0.2, 0) is 4.79 Å². The summed E-state index contributed by atoms with van der Waals surface area (Å²) in [4.78, 5) is 23.0. The van der Waals surface area contributed by atoms with Crippen molar-refractivity contribution >= 4 is 11.9 Å². The fourth-order valence-corrected chi connectivity index (χ4v) is 2.12. The minimum atomic E-state index is -0.240. The highest BCUT2D eigenvalue weighted by Gasteiger charge is 2.25. The van der Waals surface area contributed by atoms with E-state index in [-0.39, 0.29) is 24.5 Å².